The van der Waals surface area contributed by atoms with Gasteiger partial charge in [0, 0.05) is 48.8 Å². The number of likely N-dealkylation sites (N-methyl/N-ethyl adjacent to an activating group) is 1. The molecule has 0 spiro atoms. The molecule has 3 aromatic rings. The summed E-state index contributed by atoms with van der Waals surface area (Å²) in [5, 5.41) is 4.37. The summed E-state index contributed by atoms with van der Waals surface area (Å²) in [7, 11) is 2.12. The molecule has 2 aromatic carbocycles. The Morgan fingerprint density at radius 3 is 2.45 bits per heavy atom. The lowest BCUT2D eigenvalue weighted by Gasteiger charge is -2.39. The van der Waals surface area contributed by atoms with E-state index in [1.807, 2.05) is 17.6 Å². The number of rotatable bonds is 5. The van der Waals surface area contributed by atoms with Crippen LogP contribution in [0, 0.1) is 6.92 Å². The van der Waals surface area contributed by atoms with Gasteiger partial charge in [0.05, 0.1) is 21.8 Å². The van der Waals surface area contributed by atoms with Crippen LogP contribution in [0.1, 0.15) is 60.5 Å². The molecule has 0 bridgehead atoms. The van der Waals surface area contributed by atoms with E-state index < -0.39 is 5.54 Å². The number of nitrogens with one attached hydrogen (secondary N) is 1. The molecule has 6 nitrogen and oxygen atoms in total. The second-order valence-electron chi connectivity index (χ2n) is 10.8. The van der Waals surface area contributed by atoms with Crippen molar-refractivity contribution < 1.29 is 4.79 Å². The predicted molar refractivity (Wildman–Crippen MR) is 160 cm³/mol. The third-order valence-electron chi connectivity index (χ3n) is 8.28. The molecule has 0 unspecified atom stereocenters. The number of halogens is 2. The smallest absolute Gasteiger partial charge is 0.257 e. The Balaban J connectivity index is 1.55. The summed E-state index contributed by atoms with van der Waals surface area (Å²) in [5.41, 5.74) is 3.36. The molecule has 0 radical (unpaired) electrons. The van der Waals surface area contributed by atoms with E-state index in [1.54, 1.807) is 12.3 Å². The van der Waals surface area contributed by atoms with Crippen molar-refractivity contribution in [1.82, 2.24) is 14.8 Å². The van der Waals surface area contributed by atoms with Crippen molar-refractivity contribution >= 4 is 50.0 Å². The summed E-state index contributed by atoms with van der Waals surface area (Å²) in [6, 6.07) is 10.1. The van der Waals surface area contributed by atoms with Crippen molar-refractivity contribution in [3.05, 3.63) is 72.9 Å². The lowest BCUT2D eigenvalue weighted by Crippen LogP contribution is -2.48. The number of hydrogen-bond acceptors (Lipinski definition) is 4. The van der Waals surface area contributed by atoms with Gasteiger partial charge in [0.2, 0.25) is 5.43 Å². The standard InChI is InChI=1S/C30H36BrClN4O2/c1-4-35-19-22(28(37)21-17-25(32)27(18-26(21)35)36-14-12-34(3)13-15-36)29(38)33-30(10-6-5-7-11-30)23-9-8-20(2)16-24(23)31/h8-9,16-19H,4-7,10-15H2,1-3H3,(H,33,38). The van der Waals surface area contributed by atoms with Gasteiger partial charge in [0.1, 0.15) is 5.56 Å². The van der Waals surface area contributed by atoms with Crippen LogP contribution in [0.15, 0.2) is 45.8 Å². The van der Waals surface area contributed by atoms with E-state index in [0.717, 1.165) is 85.1 Å². The topological polar surface area (TPSA) is 57.6 Å². The van der Waals surface area contributed by atoms with Crippen LogP contribution in [0.3, 0.4) is 0 Å². The van der Waals surface area contributed by atoms with E-state index in [4.69, 9.17) is 11.6 Å². The highest BCUT2D eigenvalue weighted by atomic mass is 79.9. The SMILES string of the molecule is CCn1cc(C(=O)NC2(c3ccc(C)cc3Br)CCCCC2)c(=O)c2cc(Cl)c(N3CCN(C)CC3)cc21. The second-order valence-corrected chi connectivity index (χ2v) is 12.1. The van der Waals surface area contributed by atoms with Crippen LogP contribution in [0.25, 0.3) is 10.9 Å². The average molecular weight is 600 g/mol. The van der Waals surface area contributed by atoms with E-state index in [-0.39, 0.29) is 16.9 Å². The number of pyridine rings is 1. The molecule has 1 aliphatic heterocycles. The fraction of sp³-hybridized carbons (Fsp3) is 0.467. The van der Waals surface area contributed by atoms with Gasteiger partial charge in [-0.1, -0.05) is 58.9 Å². The Bertz CT molecular complexity index is 1420. The predicted octanol–water partition coefficient (Wildman–Crippen LogP) is 6.09. The maximum atomic E-state index is 13.8. The zero-order valence-electron chi connectivity index (χ0n) is 22.4. The molecular weight excluding hydrogens is 564 g/mol. The van der Waals surface area contributed by atoms with E-state index in [2.05, 4.69) is 63.2 Å². The van der Waals surface area contributed by atoms with Gasteiger partial charge in [-0.2, -0.15) is 0 Å². The van der Waals surface area contributed by atoms with Crippen molar-refractivity contribution in [3.63, 3.8) is 0 Å². The molecular formula is C30H36BrClN4O2. The van der Waals surface area contributed by atoms with Gasteiger partial charge in [-0.05, 0) is 63.1 Å². The molecule has 8 heteroatoms. The first-order chi connectivity index (χ1) is 18.2. The number of amides is 1. The van der Waals surface area contributed by atoms with Gasteiger partial charge in [0.15, 0.2) is 0 Å². The molecule has 2 fully saturated rings. The summed E-state index contributed by atoms with van der Waals surface area (Å²) in [4.78, 5) is 32.2. The van der Waals surface area contributed by atoms with E-state index >= 15 is 0 Å². The minimum Gasteiger partial charge on any atom is -0.368 e. The van der Waals surface area contributed by atoms with Crippen LogP contribution in [0.5, 0.6) is 0 Å². The van der Waals surface area contributed by atoms with E-state index in [9.17, 15) is 9.59 Å². The molecule has 0 atom stereocenters. The maximum Gasteiger partial charge on any atom is 0.257 e. The summed E-state index contributed by atoms with van der Waals surface area (Å²) in [6.07, 6.45) is 6.62. The number of aromatic nitrogens is 1. The van der Waals surface area contributed by atoms with Crippen LogP contribution in [-0.4, -0.2) is 48.6 Å². The van der Waals surface area contributed by atoms with Crippen LogP contribution < -0.4 is 15.6 Å². The molecule has 38 heavy (non-hydrogen) atoms. The molecule has 1 saturated carbocycles. The van der Waals surface area contributed by atoms with Gasteiger partial charge in [-0.3, -0.25) is 9.59 Å². The Morgan fingerprint density at radius 1 is 1.08 bits per heavy atom. The number of fused-ring (bicyclic) bond motifs is 1. The molecule has 1 N–H and O–H groups in total. The fourth-order valence-corrected chi connectivity index (χ4v) is 7.18. The number of aryl methyl sites for hydroxylation is 2. The quantitative estimate of drug-likeness (QED) is 0.386. The minimum atomic E-state index is -0.511. The zero-order chi connectivity index (χ0) is 27.0. The first kappa shape index (κ1) is 27.2. The molecule has 1 aliphatic carbocycles. The highest BCUT2D eigenvalue weighted by Crippen LogP contribution is 2.41. The number of hydrogen-bond donors (Lipinski definition) is 1. The Hall–Kier alpha value is -2.35. The summed E-state index contributed by atoms with van der Waals surface area (Å²) >= 11 is 10.5. The van der Waals surface area contributed by atoms with Gasteiger partial charge >= 0.3 is 0 Å². The number of benzene rings is 2. The lowest BCUT2D eigenvalue weighted by atomic mass is 9.76. The average Bonchev–Trinajstić information content (AvgIpc) is 2.90. The Morgan fingerprint density at radius 2 is 1.79 bits per heavy atom. The molecule has 2 heterocycles. The summed E-state index contributed by atoms with van der Waals surface area (Å²) < 4.78 is 2.99. The maximum absolute atomic E-state index is 13.8. The normalized spacial score (nSPS) is 18.1. The van der Waals surface area contributed by atoms with Crippen LogP contribution in [0.2, 0.25) is 5.02 Å². The summed E-state index contributed by atoms with van der Waals surface area (Å²) in [6.45, 7) is 8.42. The zero-order valence-corrected chi connectivity index (χ0v) is 24.8. The molecule has 2 aliphatic rings. The number of anilines is 1. The highest BCUT2D eigenvalue weighted by Gasteiger charge is 2.37. The van der Waals surface area contributed by atoms with Crippen molar-refractivity contribution in [2.24, 2.45) is 0 Å². The summed E-state index contributed by atoms with van der Waals surface area (Å²) in [5.74, 6) is -0.326. The third kappa shape index (κ3) is 5.13. The fourth-order valence-electron chi connectivity index (χ4n) is 6.02. The van der Waals surface area contributed by atoms with Crippen molar-refractivity contribution in [2.75, 3.05) is 38.1 Å². The third-order valence-corrected chi connectivity index (χ3v) is 9.24. The van der Waals surface area contributed by atoms with Gasteiger partial charge in [-0.15, -0.1) is 0 Å². The molecule has 202 valence electrons. The highest BCUT2D eigenvalue weighted by molar-refractivity contribution is 9.10. The second kappa shape index (κ2) is 11.0. The van der Waals surface area contributed by atoms with Gasteiger partial charge in [0.25, 0.3) is 5.91 Å². The monoisotopic (exact) mass is 598 g/mol. The largest absolute Gasteiger partial charge is 0.368 e. The molecule has 1 saturated heterocycles. The minimum absolute atomic E-state index is 0.163. The Kier molecular flexibility index (Phi) is 7.90. The lowest BCUT2D eigenvalue weighted by molar-refractivity contribution is 0.0864. The van der Waals surface area contributed by atoms with Crippen molar-refractivity contribution in [2.45, 2.75) is 58.0 Å². The van der Waals surface area contributed by atoms with Crippen LogP contribution in [-0.2, 0) is 12.1 Å². The van der Waals surface area contributed by atoms with Gasteiger partial charge in [-0.25, -0.2) is 0 Å². The van der Waals surface area contributed by atoms with Crippen molar-refractivity contribution in [3.8, 4) is 0 Å². The van der Waals surface area contributed by atoms with Gasteiger partial charge < -0.3 is 19.7 Å². The van der Waals surface area contributed by atoms with Crippen LogP contribution in [0.4, 0.5) is 5.69 Å². The van der Waals surface area contributed by atoms with Crippen molar-refractivity contribution in [1.29, 1.82) is 0 Å². The number of carbonyl (C=O) groups excluding carboxylic acids is 1. The van der Waals surface area contributed by atoms with Crippen LogP contribution >= 0.6 is 27.5 Å². The number of nitrogens with zero attached hydrogens (tertiary/aromatic N) is 3. The number of carbonyl (C=O) groups is 1. The first-order valence-electron chi connectivity index (χ1n) is 13.6. The van der Waals surface area contributed by atoms with E-state index in [1.165, 1.54) is 0 Å². The number of piperazine rings is 1. The Labute approximate surface area is 238 Å². The molecule has 1 aromatic heterocycles. The van der Waals surface area contributed by atoms with E-state index in [0.29, 0.717) is 17.0 Å². The first-order valence-corrected chi connectivity index (χ1v) is 14.8. The molecule has 5 rings (SSSR count). The molecule has 1 amide bonds.